The molecule has 0 saturated heterocycles. The van der Waals surface area contributed by atoms with Crippen LogP contribution in [0.4, 0.5) is 9.93 Å². The fourth-order valence-electron chi connectivity index (χ4n) is 4.99. The molecule has 0 bridgehead atoms. The molecule has 12 heteroatoms. The average Bonchev–Trinajstić information content (AvgIpc) is 3.42. The number of carbonyl (C=O) groups is 1. The Balaban J connectivity index is 1.39. The normalized spacial score (nSPS) is 15.2. The van der Waals surface area contributed by atoms with Crippen molar-refractivity contribution in [3.8, 4) is 0 Å². The summed E-state index contributed by atoms with van der Waals surface area (Å²) in [5, 5.41) is 15.6. The van der Waals surface area contributed by atoms with E-state index in [1.54, 1.807) is 11.3 Å². The van der Waals surface area contributed by atoms with Gasteiger partial charge < -0.3 is 46.9 Å². The monoisotopic (exact) mass is 611 g/mol. The lowest BCUT2D eigenvalue weighted by atomic mass is 9.85. The molecule has 1 aliphatic rings. The van der Waals surface area contributed by atoms with Crippen LogP contribution in [0.5, 0.6) is 0 Å². The minimum Gasteiger partial charge on any atom is -0.389 e. The highest BCUT2D eigenvalue weighted by Gasteiger charge is 2.23. The first kappa shape index (κ1) is 36.2. The molecule has 0 spiro atoms. The molecule has 1 saturated carbocycles. The van der Waals surface area contributed by atoms with Gasteiger partial charge in [-0.1, -0.05) is 25.8 Å². The van der Waals surface area contributed by atoms with E-state index in [4.69, 9.17) is 25.7 Å². The molecule has 0 aromatic carbocycles. The summed E-state index contributed by atoms with van der Waals surface area (Å²) in [5.74, 6) is 0. The summed E-state index contributed by atoms with van der Waals surface area (Å²) in [6, 6.07) is 0.367. The lowest BCUT2D eigenvalue weighted by Gasteiger charge is -2.30. The second-order valence-electron chi connectivity index (χ2n) is 11.3. The van der Waals surface area contributed by atoms with Crippen LogP contribution in [0.3, 0.4) is 0 Å². The Morgan fingerprint density at radius 1 is 0.952 bits per heavy atom. The number of hydrogen-bond donors (Lipinski definition) is 6. The molecule has 1 aliphatic carbocycles. The average molecular weight is 612 g/mol. The van der Waals surface area contributed by atoms with Gasteiger partial charge >= 0.3 is 6.03 Å². The second-order valence-corrected chi connectivity index (χ2v) is 12.1. The maximum atomic E-state index is 12.1. The Bertz CT molecular complexity index is 853. The van der Waals surface area contributed by atoms with Crippen molar-refractivity contribution in [1.82, 2.24) is 20.9 Å². The standard InChI is InChI=1S/C30H57N7O4S/c1-25(2)33-15-7-12-30(32,11-6-14-31)13-8-16-34-28(38)35-17-18-39-19-20-40-21-22-41-23-27-24-42-29(37-27)36-26-9-4-3-5-10-26/h24,26,33H,1,3-23,31-32H2,2H3,(H,36,37)(H2,34,35,38). The number of aromatic nitrogens is 1. The zero-order valence-corrected chi connectivity index (χ0v) is 26.7. The van der Waals surface area contributed by atoms with Crippen LogP contribution in [-0.4, -0.2) is 81.8 Å². The van der Waals surface area contributed by atoms with Crippen LogP contribution < -0.4 is 32.7 Å². The van der Waals surface area contributed by atoms with Gasteiger partial charge in [-0.2, -0.15) is 0 Å². The van der Waals surface area contributed by atoms with Gasteiger partial charge in [0.15, 0.2) is 5.13 Å². The number of thiazole rings is 1. The Morgan fingerprint density at radius 3 is 2.26 bits per heavy atom. The zero-order valence-electron chi connectivity index (χ0n) is 25.9. The smallest absolute Gasteiger partial charge is 0.314 e. The van der Waals surface area contributed by atoms with Gasteiger partial charge in [0, 0.05) is 42.3 Å². The molecule has 1 aromatic rings. The molecular weight excluding hydrogens is 554 g/mol. The summed E-state index contributed by atoms with van der Waals surface area (Å²) in [6.45, 7) is 11.2. The molecule has 11 nitrogen and oxygen atoms in total. The van der Waals surface area contributed by atoms with E-state index in [1.807, 2.05) is 6.92 Å². The van der Waals surface area contributed by atoms with Gasteiger partial charge in [-0.15, -0.1) is 11.3 Å². The van der Waals surface area contributed by atoms with Gasteiger partial charge in [0.1, 0.15) is 0 Å². The maximum Gasteiger partial charge on any atom is 0.314 e. The molecular formula is C30H57N7O4S. The van der Waals surface area contributed by atoms with Crippen molar-refractivity contribution in [2.75, 3.05) is 64.5 Å². The summed E-state index contributed by atoms with van der Waals surface area (Å²) in [6.07, 6.45) is 11.8. The van der Waals surface area contributed by atoms with Crippen LogP contribution in [0.1, 0.15) is 83.2 Å². The van der Waals surface area contributed by atoms with E-state index >= 15 is 0 Å². The molecule has 2 amide bonds. The van der Waals surface area contributed by atoms with E-state index in [1.165, 1.54) is 32.1 Å². The maximum absolute atomic E-state index is 12.1. The third kappa shape index (κ3) is 17.9. The number of hydrogen-bond acceptors (Lipinski definition) is 10. The topological polar surface area (TPSA) is 158 Å². The van der Waals surface area contributed by atoms with Crippen LogP contribution >= 0.6 is 11.3 Å². The Morgan fingerprint density at radius 2 is 1.57 bits per heavy atom. The van der Waals surface area contributed by atoms with Crippen molar-refractivity contribution in [3.05, 3.63) is 23.3 Å². The number of urea groups is 1. The van der Waals surface area contributed by atoms with Crippen molar-refractivity contribution in [2.24, 2.45) is 11.5 Å². The number of rotatable bonds is 25. The summed E-state index contributed by atoms with van der Waals surface area (Å²) in [5.41, 5.74) is 14.0. The third-order valence-corrected chi connectivity index (χ3v) is 8.13. The Labute approximate surface area is 257 Å². The van der Waals surface area contributed by atoms with Crippen molar-refractivity contribution in [1.29, 1.82) is 0 Å². The summed E-state index contributed by atoms with van der Waals surface area (Å²) in [4.78, 5) is 16.7. The van der Waals surface area contributed by atoms with Gasteiger partial charge in [-0.3, -0.25) is 0 Å². The summed E-state index contributed by atoms with van der Waals surface area (Å²) < 4.78 is 16.8. The van der Waals surface area contributed by atoms with E-state index in [0.717, 1.165) is 61.6 Å². The molecule has 1 fully saturated rings. The molecule has 8 N–H and O–H groups in total. The highest BCUT2D eigenvalue weighted by molar-refractivity contribution is 7.13. The Kier molecular flexibility index (Phi) is 19.5. The molecule has 0 radical (unpaired) electrons. The first-order chi connectivity index (χ1) is 20.4. The minimum absolute atomic E-state index is 0.195. The van der Waals surface area contributed by atoms with Gasteiger partial charge in [0.05, 0.1) is 45.3 Å². The minimum atomic E-state index is -0.257. The first-order valence-corrected chi connectivity index (χ1v) is 16.6. The van der Waals surface area contributed by atoms with Crippen LogP contribution in [0.25, 0.3) is 0 Å². The SMILES string of the molecule is C=C(C)NCCCC(N)(CCCN)CCCNC(=O)NCCOCCOCCOCc1csc(NC2CCCCC2)n1. The van der Waals surface area contributed by atoms with Gasteiger partial charge in [-0.05, 0) is 64.8 Å². The molecule has 42 heavy (non-hydrogen) atoms. The molecule has 0 aliphatic heterocycles. The second kappa shape index (κ2) is 22.6. The summed E-state index contributed by atoms with van der Waals surface area (Å²) in [7, 11) is 0. The first-order valence-electron chi connectivity index (χ1n) is 15.7. The number of nitrogens with two attached hydrogens (primary N) is 2. The molecule has 1 atom stereocenters. The Hall–Kier alpha value is -1.96. The number of nitrogens with zero attached hydrogens (tertiary/aromatic N) is 1. The number of nitrogens with one attached hydrogen (secondary N) is 4. The van der Waals surface area contributed by atoms with Gasteiger partial charge in [0.2, 0.25) is 0 Å². The van der Waals surface area contributed by atoms with Crippen LogP contribution in [0.2, 0.25) is 0 Å². The third-order valence-electron chi connectivity index (χ3n) is 7.30. The summed E-state index contributed by atoms with van der Waals surface area (Å²) >= 11 is 1.65. The predicted octanol–water partition coefficient (Wildman–Crippen LogP) is 3.86. The largest absolute Gasteiger partial charge is 0.389 e. The lowest BCUT2D eigenvalue weighted by molar-refractivity contribution is 0.0109. The van der Waals surface area contributed by atoms with Gasteiger partial charge in [-0.25, -0.2) is 9.78 Å². The number of carbonyl (C=O) groups excluding carboxylic acids is 1. The van der Waals surface area contributed by atoms with Crippen molar-refractivity contribution < 1.29 is 19.0 Å². The molecule has 2 rings (SSSR count). The van der Waals surface area contributed by atoms with Crippen LogP contribution in [-0.2, 0) is 20.8 Å². The molecule has 1 heterocycles. The quantitative estimate of drug-likeness (QED) is 0.0904. The molecule has 242 valence electrons. The van der Waals surface area contributed by atoms with Crippen molar-refractivity contribution in [3.63, 3.8) is 0 Å². The van der Waals surface area contributed by atoms with E-state index < -0.39 is 0 Å². The predicted molar refractivity (Wildman–Crippen MR) is 172 cm³/mol. The highest BCUT2D eigenvalue weighted by atomic mass is 32.1. The lowest BCUT2D eigenvalue weighted by Crippen LogP contribution is -2.42. The van der Waals surface area contributed by atoms with E-state index in [0.29, 0.717) is 65.3 Å². The number of allylic oxidation sites excluding steroid dienone is 1. The zero-order chi connectivity index (χ0) is 30.3. The number of amides is 2. The van der Waals surface area contributed by atoms with E-state index in [9.17, 15) is 4.79 Å². The van der Waals surface area contributed by atoms with Crippen LogP contribution in [0.15, 0.2) is 17.7 Å². The highest BCUT2D eigenvalue weighted by Crippen LogP contribution is 2.24. The van der Waals surface area contributed by atoms with Crippen molar-refractivity contribution >= 4 is 22.5 Å². The number of anilines is 1. The van der Waals surface area contributed by atoms with E-state index in [-0.39, 0.29) is 11.6 Å². The van der Waals surface area contributed by atoms with Crippen molar-refractivity contribution in [2.45, 2.75) is 95.7 Å². The number of ether oxygens (including phenoxy) is 3. The van der Waals surface area contributed by atoms with Gasteiger partial charge in [0.25, 0.3) is 0 Å². The van der Waals surface area contributed by atoms with Crippen LogP contribution in [0, 0.1) is 0 Å². The fraction of sp³-hybridized carbons (Fsp3) is 0.800. The molecule has 1 unspecified atom stereocenters. The fourth-order valence-corrected chi connectivity index (χ4v) is 5.76. The molecule has 1 aromatic heterocycles. The van der Waals surface area contributed by atoms with E-state index in [2.05, 4.69) is 38.2 Å².